The van der Waals surface area contributed by atoms with Gasteiger partial charge in [0.05, 0.1) is 22.2 Å². The van der Waals surface area contributed by atoms with Crippen LogP contribution in [0.2, 0.25) is 10.0 Å². The fraction of sp³-hybridized carbons (Fsp3) is 0.0714. The lowest BCUT2D eigenvalue weighted by Crippen LogP contribution is -2.15. The Morgan fingerprint density at radius 2 is 1.80 bits per heavy atom. The lowest BCUT2D eigenvalue weighted by Gasteiger charge is -2.07. The predicted molar refractivity (Wildman–Crippen MR) is 75.2 cm³/mol. The predicted octanol–water partition coefficient (Wildman–Crippen LogP) is 4.45. The summed E-state index contributed by atoms with van der Waals surface area (Å²) in [5, 5.41) is 3.09. The molecule has 2 rings (SSSR count). The summed E-state index contributed by atoms with van der Waals surface area (Å²) < 4.78 is 26.1. The van der Waals surface area contributed by atoms with Crippen molar-refractivity contribution in [3.63, 3.8) is 0 Å². The summed E-state index contributed by atoms with van der Waals surface area (Å²) in [6.07, 6.45) is 0.00764. The van der Waals surface area contributed by atoms with Crippen molar-refractivity contribution in [2.75, 3.05) is 5.32 Å². The van der Waals surface area contributed by atoms with Crippen molar-refractivity contribution in [3.05, 3.63) is 63.6 Å². The molecule has 1 N–H and O–H groups in total. The number of amides is 1. The van der Waals surface area contributed by atoms with E-state index in [2.05, 4.69) is 5.32 Å². The van der Waals surface area contributed by atoms with Crippen molar-refractivity contribution in [1.29, 1.82) is 0 Å². The van der Waals surface area contributed by atoms with Gasteiger partial charge in [-0.15, -0.1) is 0 Å². The van der Waals surface area contributed by atoms with Gasteiger partial charge in [-0.1, -0.05) is 29.3 Å². The molecule has 0 spiro atoms. The third kappa shape index (κ3) is 3.68. The summed E-state index contributed by atoms with van der Waals surface area (Å²) in [7, 11) is 0. The molecule has 0 aromatic heterocycles. The van der Waals surface area contributed by atoms with Gasteiger partial charge in [-0.2, -0.15) is 0 Å². The molecule has 0 heterocycles. The van der Waals surface area contributed by atoms with Crippen molar-refractivity contribution in [1.82, 2.24) is 0 Å². The van der Waals surface area contributed by atoms with Crippen LogP contribution in [0.1, 0.15) is 5.56 Å². The molecular weight excluding hydrogens is 307 g/mol. The molecule has 0 unspecified atom stereocenters. The van der Waals surface area contributed by atoms with Crippen LogP contribution in [0, 0.1) is 11.6 Å². The van der Waals surface area contributed by atoms with Crippen LogP contribution in [0.3, 0.4) is 0 Å². The molecule has 0 fully saturated rings. The fourth-order valence-corrected chi connectivity index (χ4v) is 1.94. The van der Waals surface area contributed by atoms with Gasteiger partial charge in [-0.25, -0.2) is 8.78 Å². The molecule has 0 bridgehead atoms. The highest BCUT2D eigenvalue weighted by atomic mass is 35.5. The summed E-state index contributed by atoms with van der Waals surface area (Å²) in [5.41, 5.74) is 0.566. The van der Waals surface area contributed by atoms with Gasteiger partial charge in [0.25, 0.3) is 0 Å². The highest BCUT2D eigenvalue weighted by Crippen LogP contribution is 2.23. The minimum atomic E-state index is -0.826. The molecule has 1 amide bonds. The second-order valence-corrected chi connectivity index (χ2v) is 4.91. The van der Waals surface area contributed by atoms with Crippen LogP contribution in [0.25, 0.3) is 0 Å². The highest BCUT2D eigenvalue weighted by molar-refractivity contribution is 6.42. The summed E-state index contributed by atoms with van der Waals surface area (Å²) >= 11 is 11.6. The summed E-state index contributed by atoms with van der Waals surface area (Å²) in [6, 6.07) is 7.72. The van der Waals surface area contributed by atoms with Crippen LogP contribution >= 0.6 is 23.2 Å². The Labute approximate surface area is 124 Å². The Kier molecular flexibility index (Phi) is 4.57. The Balaban J connectivity index is 2.07. The second kappa shape index (κ2) is 6.20. The molecule has 2 aromatic carbocycles. The maximum Gasteiger partial charge on any atom is 0.228 e. The standard InChI is InChI=1S/C14H9Cl2F2NO/c15-10-3-1-8(5-11(10)16)6-14(20)19-13-4-2-9(17)7-12(13)18/h1-5,7H,6H2,(H,19,20). The van der Waals surface area contributed by atoms with Crippen LogP contribution in [0.4, 0.5) is 14.5 Å². The smallest absolute Gasteiger partial charge is 0.228 e. The van der Waals surface area contributed by atoms with E-state index in [1.54, 1.807) is 18.2 Å². The van der Waals surface area contributed by atoms with Crippen LogP contribution in [-0.4, -0.2) is 5.91 Å². The Hall–Kier alpha value is -1.65. The SMILES string of the molecule is O=C(Cc1ccc(Cl)c(Cl)c1)Nc1ccc(F)cc1F. The van der Waals surface area contributed by atoms with E-state index in [1.165, 1.54) is 0 Å². The first-order valence-electron chi connectivity index (χ1n) is 5.64. The summed E-state index contributed by atoms with van der Waals surface area (Å²) in [5.74, 6) is -1.97. The molecule has 0 saturated heterocycles. The average molecular weight is 316 g/mol. The first-order chi connectivity index (χ1) is 9.45. The van der Waals surface area contributed by atoms with E-state index < -0.39 is 17.5 Å². The number of nitrogens with one attached hydrogen (secondary N) is 1. The van der Waals surface area contributed by atoms with E-state index in [0.717, 1.165) is 12.1 Å². The Bertz CT molecular complexity index is 662. The molecule has 0 radical (unpaired) electrons. The fourth-order valence-electron chi connectivity index (χ4n) is 1.62. The van der Waals surface area contributed by atoms with Crippen LogP contribution in [0.15, 0.2) is 36.4 Å². The number of hydrogen-bond acceptors (Lipinski definition) is 1. The first kappa shape index (κ1) is 14.8. The zero-order valence-electron chi connectivity index (χ0n) is 10.1. The molecule has 2 nitrogen and oxygen atoms in total. The molecule has 6 heteroatoms. The van der Waals surface area contributed by atoms with Gasteiger partial charge in [0, 0.05) is 6.07 Å². The zero-order valence-corrected chi connectivity index (χ0v) is 11.6. The van der Waals surface area contributed by atoms with E-state index >= 15 is 0 Å². The highest BCUT2D eigenvalue weighted by Gasteiger charge is 2.09. The maximum atomic E-state index is 13.4. The molecule has 104 valence electrons. The number of rotatable bonds is 3. The number of carbonyl (C=O) groups is 1. The van der Waals surface area contributed by atoms with Gasteiger partial charge in [0.1, 0.15) is 11.6 Å². The summed E-state index contributed by atoms with van der Waals surface area (Å²) in [6.45, 7) is 0. The van der Waals surface area contributed by atoms with Crippen molar-refractivity contribution in [2.45, 2.75) is 6.42 Å². The van der Waals surface area contributed by atoms with E-state index in [1.807, 2.05) is 0 Å². The summed E-state index contributed by atoms with van der Waals surface area (Å²) in [4.78, 5) is 11.8. The first-order valence-corrected chi connectivity index (χ1v) is 6.40. The van der Waals surface area contributed by atoms with E-state index in [4.69, 9.17) is 23.2 Å². The quantitative estimate of drug-likeness (QED) is 0.890. The van der Waals surface area contributed by atoms with E-state index in [0.29, 0.717) is 21.7 Å². The minimum absolute atomic E-state index is 0.00764. The number of carbonyl (C=O) groups excluding carboxylic acids is 1. The molecule has 0 saturated carbocycles. The Morgan fingerprint density at radius 3 is 2.45 bits per heavy atom. The van der Waals surface area contributed by atoms with Crippen molar-refractivity contribution in [2.24, 2.45) is 0 Å². The Morgan fingerprint density at radius 1 is 1.05 bits per heavy atom. The normalized spacial score (nSPS) is 10.4. The van der Waals surface area contributed by atoms with Crippen molar-refractivity contribution >= 4 is 34.8 Å². The molecule has 0 aliphatic carbocycles. The van der Waals surface area contributed by atoms with Gasteiger partial charge < -0.3 is 5.32 Å². The second-order valence-electron chi connectivity index (χ2n) is 4.10. The van der Waals surface area contributed by atoms with Gasteiger partial charge in [-0.3, -0.25) is 4.79 Å². The topological polar surface area (TPSA) is 29.1 Å². The lowest BCUT2D eigenvalue weighted by atomic mass is 10.1. The third-order valence-electron chi connectivity index (χ3n) is 2.55. The van der Waals surface area contributed by atoms with E-state index in [9.17, 15) is 13.6 Å². The number of hydrogen-bond donors (Lipinski definition) is 1. The van der Waals surface area contributed by atoms with E-state index in [-0.39, 0.29) is 12.1 Å². The van der Waals surface area contributed by atoms with Crippen LogP contribution < -0.4 is 5.32 Å². The minimum Gasteiger partial charge on any atom is -0.323 e. The van der Waals surface area contributed by atoms with Gasteiger partial charge in [0.15, 0.2) is 0 Å². The lowest BCUT2D eigenvalue weighted by molar-refractivity contribution is -0.115. The zero-order chi connectivity index (χ0) is 14.7. The number of halogens is 4. The maximum absolute atomic E-state index is 13.4. The molecule has 0 atom stereocenters. The van der Waals surface area contributed by atoms with Crippen LogP contribution in [0.5, 0.6) is 0 Å². The molecule has 0 aliphatic rings. The molecule has 20 heavy (non-hydrogen) atoms. The van der Waals surface area contributed by atoms with Gasteiger partial charge in [0.2, 0.25) is 5.91 Å². The molecule has 0 aliphatic heterocycles. The van der Waals surface area contributed by atoms with Crippen molar-refractivity contribution in [3.8, 4) is 0 Å². The molecular formula is C14H9Cl2F2NO. The molecule has 2 aromatic rings. The number of benzene rings is 2. The largest absolute Gasteiger partial charge is 0.323 e. The van der Waals surface area contributed by atoms with Crippen molar-refractivity contribution < 1.29 is 13.6 Å². The monoisotopic (exact) mass is 315 g/mol. The average Bonchev–Trinajstić information content (AvgIpc) is 2.37. The van der Waals surface area contributed by atoms with Crippen LogP contribution in [-0.2, 0) is 11.2 Å². The van der Waals surface area contributed by atoms with Gasteiger partial charge >= 0.3 is 0 Å². The van der Waals surface area contributed by atoms with Gasteiger partial charge in [-0.05, 0) is 29.8 Å². The third-order valence-corrected chi connectivity index (χ3v) is 3.29. The number of anilines is 1.